The van der Waals surface area contributed by atoms with E-state index in [0.717, 1.165) is 12.2 Å². The molecule has 1 rings (SSSR count). The van der Waals surface area contributed by atoms with Gasteiger partial charge in [0.05, 0.1) is 0 Å². The topological polar surface area (TPSA) is 12.0 Å². The van der Waals surface area contributed by atoms with Gasteiger partial charge in [0, 0.05) is 12.2 Å². The lowest BCUT2D eigenvalue weighted by atomic mass is 10.2. The van der Waals surface area contributed by atoms with Crippen molar-refractivity contribution in [1.29, 1.82) is 0 Å². The maximum Gasteiger partial charge on any atom is 0.0346 e. The molecule has 0 heterocycles. The molecule has 1 radical (unpaired) electrons. The van der Waals surface area contributed by atoms with Gasteiger partial charge in [-0.1, -0.05) is 26.0 Å². The van der Waals surface area contributed by atoms with E-state index in [9.17, 15) is 0 Å². The average molecular weight is 148 g/mol. The predicted octanol–water partition coefficient (Wildman–Crippen LogP) is 2.55. The van der Waals surface area contributed by atoms with E-state index in [0.29, 0.717) is 5.92 Å². The Balaban J connectivity index is 2.39. The van der Waals surface area contributed by atoms with Crippen molar-refractivity contribution in [3.63, 3.8) is 0 Å². The Labute approximate surface area is 68.4 Å². The molecule has 0 bridgehead atoms. The second-order valence-electron chi connectivity index (χ2n) is 3.07. The molecule has 1 heteroatoms. The molecule has 11 heavy (non-hydrogen) atoms. The molecular formula is C10H14N. The first-order chi connectivity index (χ1) is 5.29. The molecule has 0 spiro atoms. The van der Waals surface area contributed by atoms with Crippen LogP contribution >= 0.6 is 0 Å². The summed E-state index contributed by atoms with van der Waals surface area (Å²) in [5, 5.41) is 3.31. The first-order valence-electron chi connectivity index (χ1n) is 3.99. The highest BCUT2D eigenvalue weighted by Crippen LogP contribution is 2.05. The molecule has 1 N–H and O–H groups in total. The molecule has 1 aromatic carbocycles. The van der Waals surface area contributed by atoms with Crippen LogP contribution in [0.15, 0.2) is 24.3 Å². The van der Waals surface area contributed by atoms with Crippen LogP contribution in [-0.4, -0.2) is 6.54 Å². The van der Waals surface area contributed by atoms with Crippen molar-refractivity contribution in [2.24, 2.45) is 5.92 Å². The molecule has 0 aliphatic carbocycles. The molecule has 0 fully saturated rings. The lowest BCUT2D eigenvalue weighted by Gasteiger charge is -2.07. The summed E-state index contributed by atoms with van der Waals surface area (Å²) in [4.78, 5) is 0. The van der Waals surface area contributed by atoms with Crippen molar-refractivity contribution in [3.8, 4) is 0 Å². The Kier molecular flexibility index (Phi) is 2.96. The molecule has 0 aliphatic heterocycles. The number of benzene rings is 1. The highest BCUT2D eigenvalue weighted by molar-refractivity contribution is 5.41. The summed E-state index contributed by atoms with van der Waals surface area (Å²) in [6.45, 7) is 5.41. The van der Waals surface area contributed by atoms with Crippen LogP contribution in [0.4, 0.5) is 5.69 Å². The lowest BCUT2D eigenvalue weighted by molar-refractivity contribution is 0.689. The van der Waals surface area contributed by atoms with E-state index in [4.69, 9.17) is 0 Å². The summed E-state index contributed by atoms with van der Waals surface area (Å²) in [5.41, 5.74) is 1.15. The second kappa shape index (κ2) is 4.02. The zero-order valence-corrected chi connectivity index (χ0v) is 7.09. The molecular weight excluding hydrogens is 134 g/mol. The number of hydrogen-bond acceptors (Lipinski definition) is 1. The number of hydrogen-bond donors (Lipinski definition) is 1. The molecule has 0 unspecified atom stereocenters. The minimum absolute atomic E-state index is 0.690. The Morgan fingerprint density at radius 3 is 2.91 bits per heavy atom. The van der Waals surface area contributed by atoms with Gasteiger partial charge in [-0.05, 0) is 24.1 Å². The van der Waals surface area contributed by atoms with Gasteiger partial charge in [0.2, 0.25) is 0 Å². The fourth-order valence-corrected chi connectivity index (χ4v) is 0.825. The van der Waals surface area contributed by atoms with Crippen LogP contribution in [0.25, 0.3) is 0 Å². The summed E-state index contributed by atoms with van der Waals surface area (Å²) < 4.78 is 0. The maximum atomic E-state index is 3.31. The standard InChI is InChI=1S/C10H14N/c1-9(2)8-11-10-6-4-3-5-7-10/h3-4,6-7,9,11H,8H2,1-2H3. The van der Waals surface area contributed by atoms with Crippen molar-refractivity contribution < 1.29 is 0 Å². The molecule has 1 nitrogen and oxygen atoms in total. The van der Waals surface area contributed by atoms with E-state index < -0.39 is 0 Å². The van der Waals surface area contributed by atoms with Crippen LogP contribution < -0.4 is 5.32 Å². The summed E-state index contributed by atoms with van der Waals surface area (Å²) >= 11 is 0. The SMILES string of the molecule is CC(C)CNc1c[c]ccc1. The number of rotatable bonds is 3. The monoisotopic (exact) mass is 148 g/mol. The highest BCUT2D eigenvalue weighted by Gasteiger charge is 1.92. The van der Waals surface area contributed by atoms with Crippen LogP contribution in [0.3, 0.4) is 0 Å². The highest BCUT2D eigenvalue weighted by atomic mass is 14.9. The minimum atomic E-state index is 0.690. The molecule has 0 aliphatic rings. The van der Waals surface area contributed by atoms with Crippen LogP contribution in [0, 0.1) is 12.0 Å². The third kappa shape index (κ3) is 3.08. The summed E-state index contributed by atoms with van der Waals surface area (Å²) in [7, 11) is 0. The molecule has 1 aromatic rings. The van der Waals surface area contributed by atoms with Crippen molar-refractivity contribution in [3.05, 3.63) is 30.3 Å². The van der Waals surface area contributed by atoms with Crippen molar-refractivity contribution in [1.82, 2.24) is 0 Å². The quantitative estimate of drug-likeness (QED) is 0.694. The molecule has 59 valence electrons. The Hall–Kier alpha value is -0.980. The van der Waals surface area contributed by atoms with E-state index in [-0.39, 0.29) is 0 Å². The van der Waals surface area contributed by atoms with Crippen LogP contribution in [0.5, 0.6) is 0 Å². The Bertz CT molecular complexity index is 191. The zero-order valence-electron chi connectivity index (χ0n) is 7.09. The van der Waals surface area contributed by atoms with Crippen molar-refractivity contribution >= 4 is 5.69 Å². The average Bonchev–Trinajstić information content (AvgIpc) is 2.03. The normalized spacial score (nSPS) is 10.1. The Morgan fingerprint density at radius 2 is 2.36 bits per heavy atom. The van der Waals surface area contributed by atoms with E-state index in [1.807, 2.05) is 18.2 Å². The predicted molar refractivity (Wildman–Crippen MR) is 48.6 cm³/mol. The first kappa shape index (κ1) is 8.12. The fraction of sp³-hybridized carbons (Fsp3) is 0.400. The van der Waals surface area contributed by atoms with Gasteiger partial charge < -0.3 is 5.32 Å². The van der Waals surface area contributed by atoms with E-state index in [1.165, 1.54) is 0 Å². The molecule has 0 amide bonds. The summed E-state index contributed by atoms with van der Waals surface area (Å²) in [6.07, 6.45) is 0. The third-order valence-corrected chi connectivity index (χ3v) is 1.42. The van der Waals surface area contributed by atoms with Crippen molar-refractivity contribution in [2.75, 3.05) is 11.9 Å². The minimum Gasteiger partial charge on any atom is -0.385 e. The van der Waals surface area contributed by atoms with Gasteiger partial charge >= 0.3 is 0 Å². The summed E-state index contributed by atoms with van der Waals surface area (Å²) in [6, 6.07) is 10.9. The largest absolute Gasteiger partial charge is 0.385 e. The number of nitrogens with one attached hydrogen (secondary N) is 1. The zero-order chi connectivity index (χ0) is 8.10. The van der Waals surface area contributed by atoms with Gasteiger partial charge in [-0.15, -0.1) is 0 Å². The molecule has 0 saturated heterocycles. The van der Waals surface area contributed by atoms with Gasteiger partial charge in [0.25, 0.3) is 0 Å². The second-order valence-corrected chi connectivity index (χ2v) is 3.07. The van der Waals surface area contributed by atoms with Crippen molar-refractivity contribution in [2.45, 2.75) is 13.8 Å². The van der Waals surface area contributed by atoms with Gasteiger partial charge in [0.1, 0.15) is 0 Å². The van der Waals surface area contributed by atoms with E-state index in [1.54, 1.807) is 0 Å². The van der Waals surface area contributed by atoms with Gasteiger partial charge in [-0.25, -0.2) is 0 Å². The van der Waals surface area contributed by atoms with E-state index >= 15 is 0 Å². The van der Waals surface area contributed by atoms with E-state index in [2.05, 4.69) is 31.3 Å². The number of anilines is 1. The third-order valence-electron chi connectivity index (χ3n) is 1.42. The smallest absolute Gasteiger partial charge is 0.0346 e. The fourth-order valence-electron chi connectivity index (χ4n) is 0.825. The van der Waals surface area contributed by atoms with Crippen LogP contribution in [0.2, 0.25) is 0 Å². The van der Waals surface area contributed by atoms with Gasteiger partial charge in [0.15, 0.2) is 0 Å². The van der Waals surface area contributed by atoms with Gasteiger partial charge in [-0.2, -0.15) is 0 Å². The Morgan fingerprint density at radius 1 is 1.55 bits per heavy atom. The first-order valence-corrected chi connectivity index (χ1v) is 3.99. The van der Waals surface area contributed by atoms with Gasteiger partial charge in [-0.3, -0.25) is 0 Å². The molecule has 0 saturated carbocycles. The lowest BCUT2D eigenvalue weighted by Crippen LogP contribution is -2.07. The maximum absolute atomic E-state index is 3.31. The molecule has 0 aromatic heterocycles. The molecule has 0 atom stereocenters. The van der Waals surface area contributed by atoms with Crippen LogP contribution in [0.1, 0.15) is 13.8 Å². The summed E-state index contributed by atoms with van der Waals surface area (Å²) in [5.74, 6) is 0.690. The van der Waals surface area contributed by atoms with Crippen LogP contribution in [-0.2, 0) is 0 Å².